The van der Waals surface area contributed by atoms with Gasteiger partial charge in [0.25, 0.3) is 11.6 Å². The third-order valence-electron chi connectivity index (χ3n) is 2.68. The normalized spacial score (nSPS) is 11.0. The summed E-state index contributed by atoms with van der Waals surface area (Å²) in [4.78, 5) is 21.7. The van der Waals surface area contributed by atoms with Gasteiger partial charge in [-0.1, -0.05) is 18.2 Å². The van der Waals surface area contributed by atoms with Gasteiger partial charge in [0, 0.05) is 29.5 Å². The summed E-state index contributed by atoms with van der Waals surface area (Å²) in [6.45, 7) is 0. The molecule has 0 heterocycles. The number of carbonyl (C=O) groups excluding carboxylic acids is 1. The second-order valence-corrected chi connectivity index (χ2v) is 4.19. The van der Waals surface area contributed by atoms with Gasteiger partial charge in [-0.15, -0.1) is 0 Å². The van der Waals surface area contributed by atoms with Crippen LogP contribution < -0.4 is 5.32 Å². The molecule has 6 heteroatoms. The summed E-state index contributed by atoms with van der Waals surface area (Å²) in [6, 6.07) is 14.1. The van der Waals surface area contributed by atoms with Crippen molar-refractivity contribution in [1.29, 1.82) is 0 Å². The monoisotopic (exact) mass is 284 g/mol. The lowest BCUT2D eigenvalue weighted by molar-refractivity contribution is -0.384. The molecule has 0 aromatic heterocycles. The van der Waals surface area contributed by atoms with E-state index in [1.807, 2.05) is 6.07 Å². The Morgan fingerprint density at radius 3 is 2.29 bits per heavy atom. The summed E-state index contributed by atoms with van der Waals surface area (Å²) in [6.07, 6.45) is 1.02. The number of benzene rings is 2. The van der Waals surface area contributed by atoms with Crippen molar-refractivity contribution in [3.63, 3.8) is 0 Å². The Morgan fingerprint density at radius 1 is 1.10 bits per heavy atom. The Hall–Kier alpha value is -3.15. The van der Waals surface area contributed by atoms with Gasteiger partial charge in [0.15, 0.2) is 0 Å². The van der Waals surface area contributed by atoms with Crippen LogP contribution >= 0.6 is 0 Å². The van der Waals surface area contributed by atoms with Crippen LogP contribution in [0.2, 0.25) is 0 Å². The van der Waals surface area contributed by atoms with E-state index in [9.17, 15) is 20.0 Å². The van der Waals surface area contributed by atoms with E-state index >= 15 is 0 Å². The minimum absolute atomic E-state index is 0.0831. The highest BCUT2D eigenvalue weighted by molar-refractivity contribution is 6.03. The molecule has 2 N–H and O–H groups in total. The first-order valence-electron chi connectivity index (χ1n) is 6.08. The van der Waals surface area contributed by atoms with Crippen LogP contribution in [-0.4, -0.2) is 15.9 Å². The first-order valence-corrected chi connectivity index (χ1v) is 6.08. The van der Waals surface area contributed by atoms with Gasteiger partial charge >= 0.3 is 0 Å². The largest absolute Gasteiger partial charge is 0.507 e. The fraction of sp³-hybridized carbons (Fsp3) is 0. The molecule has 0 radical (unpaired) electrons. The van der Waals surface area contributed by atoms with Crippen molar-refractivity contribution in [2.45, 2.75) is 0 Å². The first kappa shape index (κ1) is 14.3. The number of hydrogen-bond acceptors (Lipinski definition) is 4. The Bertz CT molecular complexity index is 679. The molecule has 0 fully saturated rings. The standard InChI is InChI=1S/C15H12N2O4/c18-14(11-6-8-13(9-7-11)17(20)21)10-15(19)16-12-4-2-1-3-5-12/h1-10,18H,(H,16,19)/b14-10-. The van der Waals surface area contributed by atoms with Crippen molar-refractivity contribution >= 4 is 23.0 Å². The number of para-hydroxylation sites is 1. The fourth-order valence-corrected chi connectivity index (χ4v) is 1.66. The second-order valence-electron chi connectivity index (χ2n) is 4.19. The number of aliphatic hydroxyl groups is 1. The molecule has 0 saturated carbocycles. The molecule has 0 spiro atoms. The van der Waals surface area contributed by atoms with Crippen molar-refractivity contribution < 1.29 is 14.8 Å². The molecule has 1 amide bonds. The van der Waals surface area contributed by atoms with Crippen molar-refractivity contribution in [1.82, 2.24) is 0 Å². The van der Waals surface area contributed by atoms with E-state index in [-0.39, 0.29) is 11.4 Å². The average molecular weight is 284 g/mol. The van der Waals surface area contributed by atoms with Gasteiger partial charge < -0.3 is 10.4 Å². The number of amides is 1. The van der Waals surface area contributed by atoms with Crippen LogP contribution in [0.4, 0.5) is 11.4 Å². The molecule has 0 aliphatic carbocycles. The minimum Gasteiger partial charge on any atom is -0.507 e. The maximum absolute atomic E-state index is 11.7. The van der Waals surface area contributed by atoms with Crippen LogP contribution in [0, 0.1) is 10.1 Å². The number of nitro benzene ring substituents is 1. The molecule has 2 aromatic rings. The number of carbonyl (C=O) groups is 1. The highest BCUT2D eigenvalue weighted by atomic mass is 16.6. The number of nitro groups is 1. The summed E-state index contributed by atoms with van der Waals surface area (Å²) in [5, 5.41) is 22.9. The van der Waals surface area contributed by atoms with E-state index < -0.39 is 10.8 Å². The SMILES string of the molecule is O=C(/C=C(\O)c1ccc([N+](=O)[O-])cc1)Nc1ccccc1. The van der Waals surface area contributed by atoms with E-state index in [4.69, 9.17) is 0 Å². The van der Waals surface area contributed by atoms with E-state index in [1.165, 1.54) is 24.3 Å². The van der Waals surface area contributed by atoms with Crippen molar-refractivity contribution in [2.75, 3.05) is 5.32 Å². The van der Waals surface area contributed by atoms with Gasteiger partial charge in [-0.25, -0.2) is 0 Å². The molecule has 21 heavy (non-hydrogen) atoms. The van der Waals surface area contributed by atoms with E-state index in [1.54, 1.807) is 24.3 Å². The van der Waals surface area contributed by atoms with Crippen molar-refractivity contribution in [2.24, 2.45) is 0 Å². The van der Waals surface area contributed by atoms with E-state index in [2.05, 4.69) is 5.32 Å². The highest BCUT2D eigenvalue weighted by Crippen LogP contribution is 2.17. The Labute approximate surface area is 120 Å². The average Bonchev–Trinajstić information content (AvgIpc) is 2.48. The molecule has 106 valence electrons. The predicted molar refractivity (Wildman–Crippen MR) is 78.8 cm³/mol. The molecule has 0 atom stereocenters. The highest BCUT2D eigenvalue weighted by Gasteiger charge is 2.07. The zero-order chi connectivity index (χ0) is 15.2. The van der Waals surface area contributed by atoms with E-state index in [0.717, 1.165) is 6.08 Å². The molecular formula is C15H12N2O4. The summed E-state index contributed by atoms with van der Waals surface area (Å²) < 4.78 is 0. The van der Waals surface area contributed by atoms with E-state index in [0.29, 0.717) is 11.3 Å². The lowest BCUT2D eigenvalue weighted by Crippen LogP contribution is -2.08. The van der Waals surface area contributed by atoms with Crippen molar-refractivity contribution in [3.8, 4) is 0 Å². The number of hydrogen-bond donors (Lipinski definition) is 2. The summed E-state index contributed by atoms with van der Waals surface area (Å²) in [5.41, 5.74) is 0.847. The lowest BCUT2D eigenvalue weighted by Gasteiger charge is -2.03. The summed E-state index contributed by atoms with van der Waals surface area (Å²) in [7, 11) is 0. The van der Waals surface area contributed by atoms with Crippen LogP contribution in [0.1, 0.15) is 5.56 Å². The number of non-ortho nitro benzene ring substituents is 1. The maximum atomic E-state index is 11.7. The minimum atomic E-state index is -0.535. The Morgan fingerprint density at radius 2 is 1.71 bits per heavy atom. The van der Waals surface area contributed by atoms with Gasteiger partial charge in [0.1, 0.15) is 5.76 Å². The third-order valence-corrected chi connectivity index (χ3v) is 2.68. The molecule has 0 aliphatic rings. The van der Waals surface area contributed by atoms with Gasteiger partial charge in [-0.05, 0) is 24.3 Å². The van der Waals surface area contributed by atoms with Crippen molar-refractivity contribution in [3.05, 3.63) is 76.4 Å². The number of rotatable bonds is 4. The Kier molecular flexibility index (Phi) is 4.30. The van der Waals surface area contributed by atoms with Crippen LogP contribution in [0.15, 0.2) is 60.7 Å². The topological polar surface area (TPSA) is 92.5 Å². The third kappa shape index (κ3) is 3.90. The molecule has 2 aromatic carbocycles. The Balaban J connectivity index is 2.09. The van der Waals surface area contributed by atoms with Gasteiger partial charge in [0.2, 0.25) is 0 Å². The van der Waals surface area contributed by atoms with Crippen LogP contribution in [0.3, 0.4) is 0 Å². The van der Waals surface area contributed by atoms with Crippen LogP contribution in [-0.2, 0) is 4.79 Å². The molecule has 0 saturated heterocycles. The first-order chi connectivity index (χ1) is 10.1. The van der Waals surface area contributed by atoms with Crippen LogP contribution in [0.5, 0.6) is 0 Å². The molecule has 0 bridgehead atoms. The van der Waals surface area contributed by atoms with Gasteiger partial charge in [0.05, 0.1) is 4.92 Å². The van der Waals surface area contributed by atoms with Gasteiger partial charge in [-0.3, -0.25) is 14.9 Å². The number of nitrogens with one attached hydrogen (secondary N) is 1. The number of nitrogens with zero attached hydrogens (tertiary/aromatic N) is 1. The predicted octanol–water partition coefficient (Wildman–Crippen LogP) is 3.13. The quantitative estimate of drug-likeness (QED) is 0.390. The van der Waals surface area contributed by atoms with Gasteiger partial charge in [-0.2, -0.15) is 0 Å². The smallest absolute Gasteiger partial charge is 0.269 e. The summed E-state index contributed by atoms with van der Waals surface area (Å²) in [5.74, 6) is -0.754. The molecule has 0 unspecified atom stereocenters. The lowest BCUT2D eigenvalue weighted by atomic mass is 10.1. The molecule has 6 nitrogen and oxygen atoms in total. The molecule has 2 rings (SSSR count). The molecule has 0 aliphatic heterocycles. The van der Waals surface area contributed by atoms with Crippen LogP contribution in [0.25, 0.3) is 5.76 Å². The zero-order valence-electron chi connectivity index (χ0n) is 10.9. The number of anilines is 1. The molecular weight excluding hydrogens is 272 g/mol. The zero-order valence-corrected chi connectivity index (χ0v) is 10.9. The fourth-order valence-electron chi connectivity index (χ4n) is 1.66. The summed E-state index contributed by atoms with van der Waals surface area (Å²) >= 11 is 0. The maximum Gasteiger partial charge on any atom is 0.269 e. The second kappa shape index (κ2) is 6.33. The number of aliphatic hydroxyl groups excluding tert-OH is 1.